The first-order valence-electron chi connectivity index (χ1n) is 7.18. The van der Waals surface area contributed by atoms with Crippen LogP contribution in [0.15, 0.2) is 36.4 Å². The van der Waals surface area contributed by atoms with Gasteiger partial charge in [0.05, 0.1) is 6.61 Å². The summed E-state index contributed by atoms with van der Waals surface area (Å²) in [4.78, 5) is 2.80. The summed E-state index contributed by atoms with van der Waals surface area (Å²) in [6.45, 7) is 5.33. The molecule has 20 heavy (non-hydrogen) atoms. The molecule has 1 aromatic heterocycles. The van der Waals surface area contributed by atoms with E-state index in [4.69, 9.17) is 4.52 Å². The van der Waals surface area contributed by atoms with Crippen molar-refractivity contribution in [1.82, 2.24) is 0 Å². The molecular weight excluding hydrogens is 283 g/mol. The molecule has 0 N–H and O–H groups in total. The second kappa shape index (κ2) is 7.93. The summed E-state index contributed by atoms with van der Waals surface area (Å²) in [7, 11) is 2.31. The number of benzene rings is 1. The fraction of sp³-hybridized carbons (Fsp3) is 0.412. The van der Waals surface area contributed by atoms with E-state index in [-0.39, 0.29) is 0 Å². The molecule has 0 amide bonds. The molecule has 0 radical (unpaired) electrons. The van der Waals surface area contributed by atoms with Crippen molar-refractivity contribution in [1.29, 1.82) is 0 Å². The van der Waals surface area contributed by atoms with Crippen LogP contribution in [-0.2, 0) is 17.4 Å². The van der Waals surface area contributed by atoms with Crippen LogP contribution in [0.25, 0.3) is 10.4 Å². The average molecular weight is 306 g/mol. The van der Waals surface area contributed by atoms with Gasteiger partial charge in [0.15, 0.2) is 0 Å². The summed E-state index contributed by atoms with van der Waals surface area (Å²) < 4.78 is 5.02. The van der Waals surface area contributed by atoms with E-state index in [1.807, 2.05) is 11.3 Å². The molecule has 0 saturated carbocycles. The second-order valence-corrected chi connectivity index (χ2v) is 7.04. The maximum atomic E-state index is 5.02. The summed E-state index contributed by atoms with van der Waals surface area (Å²) in [5.74, 6) is 0.716. The summed E-state index contributed by atoms with van der Waals surface area (Å²) in [6, 6.07) is 13.5. The van der Waals surface area contributed by atoms with Gasteiger partial charge in [0, 0.05) is 19.2 Å². The summed E-state index contributed by atoms with van der Waals surface area (Å²) >= 11 is 1.89. The molecule has 0 aliphatic carbocycles. The minimum Gasteiger partial charge on any atom is -0.366 e. The molecule has 0 aliphatic rings. The number of rotatable bonds is 7. The third kappa shape index (κ3) is 4.70. The highest BCUT2D eigenvalue weighted by atomic mass is 32.1. The largest absolute Gasteiger partial charge is 0.366 e. The summed E-state index contributed by atoms with van der Waals surface area (Å²) in [5, 5.41) is 0. The van der Waals surface area contributed by atoms with E-state index in [1.165, 1.54) is 20.9 Å². The van der Waals surface area contributed by atoms with E-state index in [9.17, 15) is 0 Å². The fourth-order valence-electron chi connectivity index (χ4n) is 2.27. The van der Waals surface area contributed by atoms with Crippen molar-refractivity contribution in [3.63, 3.8) is 0 Å². The first-order valence-corrected chi connectivity index (χ1v) is 8.47. The molecule has 2 aromatic rings. The van der Waals surface area contributed by atoms with E-state index < -0.39 is 0 Å². The van der Waals surface area contributed by atoms with E-state index in [0.29, 0.717) is 5.92 Å². The predicted octanol–water partition coefficient (Wildman–Crippen LogP) is 5.35. The first-order chi connectivity index (χ1) is 9.69. The van der Waals surface area contributed by atoms with Gasteiger partial charge in [0.25, 0.3) is 0 Å². The number of hydrogen-bond acceptors (Lipinski definition) is 2. The first kappa shape index (κ1) is 15.7. The molecule has 3 heteroatoms. The van der Waals surface area contributed by atoms with Gasteiger partial charge in [0.1, 0.15) is 0 Å². The zero-order chi connectivity index (χ0) is 14.4. The van der Waals surface area contributed by atoms with Gasteiger partial charge in [0.2, 0.25) is 0 Å². The van der Waals surface area contributed by atoms with Crippen molar-refractivity contribution in [2.45, 2.75) is 33.1 Å². The van der Waals surface area contributed by atoms with Crippen LogP contribution in [0.2, 0.25) is 0 Å². The second-order valence-electron chi connectivity index (χ2n) is 5.54. The van der Waals surface area contributed by atoms with E-state index >= 15 is 0 Å². The molecule has 1 atom stereocenters. The molecule has 1 nitrogen and oxygen atoms in total. The Morgan fingerprint density at radius 3 is 2.50 bits per heavy atom. The van der Waals surface area contributed by atoms with E-state index in [1.54, 1.807) is 0 Å². The van der Waals surface area contributed by atoms with Crippen LogP contribution in [0.3, 0.4) is 0 Å². The zero-order valence-electron chi connectivity index (χ0n) is 12.3. The van der Waals surface area contributed by atoms with Gasteiger partial charge in [-0.1, -0.05) is 38.1 Å². The molecule has 0 fully saturated rings. The summed E-state index contributed by atoms with van der Waals surface area (Å²) in [6.07, 6.45) is 3.34. The van der Waals surface area contributed by atoms with Crippen LogP contribution < -0.4 is 0 Å². The molecule has 1 aromatic carbocycles. The molecule has 0 bridgehead atoms. The van der Waals surface area contributed by atoms with Gasteiger partial charge in [-0.15, -0.1) is 11.3 Å². The zero-order valence-corrected chi connectivity index (χ0v) is 14.2. The van der Waals surface area contributed by atoms with Crippen LogP contribution in [0, 0.1) is 5.92 Å². The van der Waals surface area contributed by atoms with Gasteiger partial charge < -0.3 is 4.52 Å². The molecule has 0 aliphatic heterocycles. The lowest BCUT2D eigenvalue weighted by Crippen LogP contribution is -1.93. The van der Waals surface area contributed by atoms with Crippen molar-refractivity contribution in [3.8, 4) is 10.4 Å². The smallest absolute Gasteiger partial charge is 0.0505 e. The Labute approximate surface area is 128 Å². The lowest BCUT2D eigenvalue weighted by atomic mass is 10.0. The third-order valence-electron chi connectivity index (χ3n) is 3.23. The van der Waals surface area contributed by atoms with Gasteiger partial charge in [-0.3, -0.25) is 0 Å². The highest BCUT2D eigenvalue weighted by Crippen LogP contribution is 2.29. The number of hydrogen-bond donors (Lipinski definition) is 0. The lowest BCUT2D eigenvalue weighted by molar-refractivity contribution is 0.363. The molecule has 2 rings (SSSR count). The van der Waals surface area contributed by atoms with Gasteiger partial charge in [-0.25, -0.2) is 0 Å². The molecule has 0 spiro atoms. The van der Waals surface area contributed by atoms with E-state index in [0.717, 1.165) is 25.9 Å². The van der Waals surface area contributed by atoms with Crippen LogP contribution in [0.4, 0.5) is 0 Å². The van der Waals surface area contributed by atoms with E-state index in [2.05, 4.69) is 59.7 Å². The highest BCUT2D eigenvalue weighted by Gasteiger charge is 2.04. The SMILES string of the molecule is CC(C)Cc1ccc(-c2ccc(CCCOP)s2)cc1. The van der Waals surface area contributed by atoms with Crippen LogP contribution >= 0.6 is 20.8 Å². The van der Waals surface area contributed by atoms with Gasteiger partial charge >= 0.3 is 0 Å². The molecule has 0 saturated heterocycles. The van der Waals surface area contributed by atoms with Crippen molar-refractivity contribution < 1.29 is 4.52 Å². The van der Waals surface area contributed by atoms with Crippen LogP contribution in [0.5, 0.6) is 0 Å². The summed E-state index contributed by atoms with van der Waals surface area (Å²) in [5.41, 5.74) is 2.76. The van der Waals surface area contributed by atoms with Crippen molar-refractivity contribution in [3.05, 3.63) is 46.8 Å². The van der Waals surface area contributed by atoms with Crippen molar-refractivity contribution >= 4 is 20.8 Å². The minimum atomic E-state index is 0.716. The minimum absolute atomic E-state index is 0.716. The van der Waals surface area contributed by atoms with Crippen LogP contribution in [0.1, 0.15) is 30.7 Å². The average Bonchev–Trinajstić information content (AvgIpc) is 2.88. The molecular formula is C17H23OPS. The number of thiophene rings is 1. The van der Waals surface area contributed by atoms with Crippen LogP contribution in [-0.4, -0.2) is 6.61 Å². The number of aryl methyl sites for hydroxylation is 1. The maximum absolute atomic E-state index is 5.02. The third-order valence-corrected chi connectivity index (χ3v) is 4.66. The Bertz CT molecular complexity index is 516. The Kier molecular flexibility index (Phi) is 6.22. The predicted molar refractivity (Wildman–Crippen MR) is 92.3 cm³/mol. The van der Waals surface area contributed by atoms with Crippen molar-refractivity contribution in [2.75, 3.05) is 6.61 Å². The Balaban J connectivity index is 2.00. The Hall–Kier alpha value is -0.690. The quantitative estimate of drug-likeness (QED) is 0.495. The van der Waals surface area contributed by atoms with Gasteiger partial charge in [-0.05, 0) is 48.4 Å². The van der Waals surface area contributed by atoms with Crippen molar-refractivity contribution in [2.24, 2.45) is 5.92 Å². The molecule has 1 unspecified atom stereocenters. The van der Waals surface area contributed by atoms with Gasteiger partial charge in [-0.2, -0.15) is 0 Å². The fourth-order valence-corrected chi connectivity index (χ4v) is 3.50. The Morgan fingerprint density at radius 1 is 1.10 bits per heavy atom. The maximum Gasteiger partial charge on any atom is 0.0505 e. The normalized spacial score (nSPS) is 11.2. The Morgan fingerprint density at radius 2 is 1.85 bits per heavy atom. The monoisotopic (exact) mass is 306 g/mol. The molecule has 108 valence electrons. The lowest BCUT2D eigenvalue weighted by Gasteiger charge is -2.05. The molecule has 1 heterocycles. The topological polar surface area (TPSA) is 9.23 Å². The standard InChI is InChI=1S/C17H23OPS/c1-13(2)12-14-5-7-15(8-6-14)17-10-9-16(20-17)4-3-11-18-19/h5-10,13H,3-4,11-12,19H2,1-2H3. The highest BCUT2D eigenvalue weighted by molar-refractivity contribution is 7.15.